The lowest BCUT2D eigenvalue weighted by Gasteiger charge is -2.08. The molecule has 13 heavy (non-hydrogen) atoms. The normalized spacial score (nSPS) is 9.62. The number of rotatable bonds is 2. The zero-order valence-electron chi connectivity index (χ0n) is 8.02. The third kappa shape index (κ3) is 1.99. The fourth-order valence-electron chi connectivity index (χ4n) is 1.25. The molecule has 1 aromatic carbocycles. The van der Waals surface area contributed by atoms with Crippen molar-refractivity contribution in [3.05, 3.63) is 35.9 Å². The molecule has 0 atom stereocenters. The number of hydrogen-bond donors (Lipinski definition) is 2. The van der Waals surface area contributed by atoms with Gasteiger partial charge in [0.25, 0.3) is 0 Å². The number of benzene rings is 1. The highest BCUT2D eigenvalue weighted by atomic mass is 14.6. The average molecular weight is 172 g/mol. The zero-order chi connectivity index (χ0) is 10.0. The van der Waals surface area contributed by atoms with Gasteiger partial charge in [0.15, 0.2) is 0 Å². The number of nitrogens with one attached hydrogen (secondary N) is 1. The van der Waals surface area contributed by atoms with Gasteiger partial charge < -0.3 is 11.1 Å². The Morgan fingerprint density at radius 2 is 2.08 bits per heavy atom. The van der Waals surface area contributed by atoms with Crippen molar-refractivity contribution >= 4 is 24.7 Å². The molecule has 0 bridgehead atoms. The highest BCUT2D eigenvalue weighted by molar-refractivity contribution is 6.32. The highest BCUT2D eigenvalue weighted by Gasteiger charge is 2.05. The Labute approximate surface area is 79.4 Å². The van der Waals surface area contributed by atoms with E-state index in [1.165, 1.54) is 0 Å². The van der Waals surface area contributed by atoms with Gasteiger partial charge in [-0.1, -0.05) is 30.2 Å². The summed E-state index contributed by atoms with van der Waals surface area (Å²) < 4.78 is 0. The molecule has 0 radical (unpaired) electrons. The zero-order valence-corrected chi connectivity index (χ0v) is 8.02. The van der Waals surface area contributed by atoms with Crippen LogP contribution in [0.4, 0.5) is 0 Å². The summed E-state index contributed by atoms with van der Waals surface area (Å²) in [6, 6.07) is 5.83. The monoisotopic (exact) mass is 172 g/mol. The van der Waals surface area contributed by atoms with Crippen LogP contribution in [0.15, 0.2) is 24.8 Å². The van der Waals surface area contributed by atoms with Gasteiger partial charge in [-0.05, 0) is 6.92 Å². The van der Waals surface area contributed by atoms with E-state index in [4.69, 9.17) is 11.1 Å². The Morgan fingerprint density at radius 3 is 2.54 bits per heavy atom. The van der Waals surface area contributed by atoms with Gasteiger partial charge in [-0.15, -0.1) is 0 Å². The van der Waals surface area contributed by atoms with Gasteiger partial charge in [0.1, 0.15) is 7.85 Å². The molecule has 0 aliphatic rings. The van der Waals surface area contributed by atoms with E-state index in [1.54, 1.807) is 6.92 Å². The summed E-state index contributed by atoms with van der Waals surface area (Å²) in [6.45, 7) is 5.44. The minimum atomic E-state index is 0.515. The lowest BCUT2D eigenvalue weighted by Crippen LogP contribution is -2.10. The van der Waals surface area contributed by atoms with Gasteiger partial charge in [-0.3, -0.25) is 0 Å². The Bertz CT molecular complexity index is 369. The van der Waals surface area contributed by atoms with Gasteiger partial charge in [-0.2, -0.15) is 0 Å². The molecule has 66 valence electrons. The quantitative estimate of drug-likeness (QED) is 0.488. The van der Waals surface area contributed by atoms with Gasteiger partial charge in [0.05, 0.1) is 0 Å². The molecule has 0 unspecified atom stereocenters. The third-order valence-corrected chi connectivity index (χ3v) is 1.93. The van der Waals surface area contributed by atoms with E-state index in [9.17, 15) is 0 Å². The Balaban J connectivity index is 3.35. The van der Waals surface area contributed by atoms with Crippen LogP contribution >= 0.6 is 0 Å². The van der Waals surface area contributed by atoms with Crippen LogP contribution in [0.25, 0.3) is 5.70 Å². The molecule has 0 saturated heterocycles. The lowest BCUT2D eigenvalue weighted by molar-refractivity contribution is 1.43. The summed E-state index contributed by atoms with van der Waals surface area (Å²) in [5.41, 5.74) is 9.52. The molecule has 3 N–H and O–H groups in total. The summed E-state index contributed by atoms with van der Waals surface area (Å²) in [5.74, 6) is 0. The predicted octanol–water partition coefficient (Wildman–Crippen LogP) is 0.262. The van der Waals surface area contributed by atoms with Crippen LogP contribution in [-0.2, 0) is 0 Å². The maximum absolute atomic E-state index is 7.54. The van der Waals surface area contributed by atoms with Crippen molar-refractivity contribution in [1.82, 2.24) is 0 Å². The molecule has 0 saturated carbocycles. The second-order valence-corrected chi connectivity index (χ2v) is 3.20. The first-order valence-corrected chi connectivity index (χ1v) is 4.13. The second-order valence-electron chi connectivity index (χ2n) is 3.20. The van der Waals surface area contributed by atoms with Gasteiger partial charge in [0, 0.05) is 22.5 Å². The van der Waals surface area contributed by atoms with Crippen molar-refractivity contribution in [1.29, 1.82) is 5.41 Å². The van der Waals surface area contributed by atoms with E-state index < -0.39 is 0 Å². The van der Waals surface area contributed by atoms with Crippen molar-refractivity contribution in [2.75, 3.05) is 0 Å². The maximum Gasteiger partial charge on any atom is 0.139 e. The highest BCUT2D eigenvalue weighted by Crippen LogP contribution is 2.12. The van der Waals surface area contributed by atoms with Gasteiger partial charge in [-0.25, -0.2) is 0 Å². The summed E-state index contributed by atoms with van der Waals surface area (Å²) in [6.07, 6.45) is 0. The molecular weight excluding hydrogens is 159 g/mol. The van der Waals surface area contributed by atoms with Crippen molar-refractivity contribution < 1.29 is 0 Å². The van der Waals surface area contributed by atoms with Crippen LogP contribution in [0.1, 0.15) is 18.1 Å². The smallest absolute Gasteiger partial charge is 0.139 e. The van der Waals surface area contributed by atoms with E-state index in [0.717, 1.165) is 16.6 Å². The molecular formula is C10H13BN2. The summed E-state index contributed by atoms with van der Waals surface area (Å²) >= 11 is 0. The van der Waals surface area contributed by atoms with Crippen LogP contribution < -0.4 is 11.2 Å². The molecule has 3 heteroatoms. The van der Waals surface area contributed by atoms with E-state index in [0.29, 0.717) is 11.4 Å². The fourth-order valence-corrected chi connectivity index (χ4v) is 1.25. The first-order valence-electron chi connectivity index (χ1n) is 4.13. The molecule has 0 aliphatic carbocycles. The van der Waals surface area contributed by atoms with Crippen LogP contribution in [0, 0.1) is 5.41 Å². The van der Waals surface area contributed by atoms with Crippen molar-refractivity contribution in [2.45, 2.75) is 6.92 Å². The molecule has 0 heterocycles. The average Bonchev–Trinajstić information content (AvgIpc) is 2.03. The van der Waals surface area contributed by atoms with Crippen LogP contribution in [-0.4, -0.2) is 13.6 Å². The molecule has 1 rings (SSSR count). The minimum Gasteiger partial charge on any atom is -0.399 e. The van der Waals surface area contributed by atoms with Crippen LogP contribution in [0.3, 0.4) is 0 Å². The molecule has 0 aromatic heterocycles. The van der Waals surface area contributed by atoms with E-state index in [2.05, 4.69) is 6.58 Å². The van der Waals surface area contributed by atoms with E-state index >= 15 is 0 Å². The molecule has 0 amide bonds. The molecule has 0 spiro atoms. The third-order valence-electron chi connectivity index (χ3n) is 1.93. The van der Waals surface area contributed by atoms with Gasteiger partial charge in [0.2, 0.25) is 0 Å². The van der Waals surface area contributed by atoms with Gasteiger partial charge >= 0.3 is 0 Å². The molecule has 0 fully saturated rings. The Morgan fingerprint density at radius 1 is 1.46 bits per heavy atom. The Kier molecular flexibility index (Phi) is 2.56. The van der Waals surface area contributed by atoms with Crippen molar-refractivity contribution in [3.63, 3.8) is 0 Å². The first-order chi connectivity index (χ1) is 6.02. The van der Waals surface area contributed by atoms with E-state index in [1.807, 2.05) is 26.0 Å². The standard InChI is InChI=1S/C10H13BN2/c1-6(12)9-4-3-8(11)5-10(9)7(2)13/h3-5,12H,2,11,13H2,1H3. The lowest BCUT2D eigenvalue weighted by atomic mass is 9.90. The second kappa shape index (κ2) is 3.48. The minimum absolute atomic E-state index is 0.515. The predicted molar refractivity (Wildman–Crippen MR) is 60.3 cm³/mol. The molecule has 2 nitrogen and oxygen atoms in total. The molecule has 0 aliphatic heterocycles. The fraction of sp³-hybridized carbons (Fsp3) is 0.100. The largest absolute Gasteiger partial charge is 0.399 e. The van der Waals surface area contributed by atoms with Crippen LogP contribution in [0.2, 0.25) is 0 Å². The maximum atomic E-state index is 7.54. The summed E-state index contributed by atoms with van der Waals surface area (Å²) in [7, 11) is 2.00. The Hall–Kier alpha value is -1.51. The van der Waals surface area contributed by atoms with E-state index in [-0.39, 0.29) is 0 Å². The van der Waals surface area contributed by atoms with Crippen molar-refractivity contribution in [3.8, 4) is 0 Å². The van der Waals surface area contributed by atoms with Crippen molar-refractivity contribution in [2.24, 2.45) is 5.73 Å². The molecule has 1 aromatic rings. The SMILES string of the molecule is Bc1ccc(C(C)=N)c(C(=C)N)c1. The van der Waals surface area contributed by atoms with Crippen LogP contribution in [0.5, 0.6) is 0 Å². The summed E-state index contributed by atoms with van der Waals surface area (Å²) in [5, 5.41) is 7.54. The number of nitrogens with two attached hydrogens (primary N) is 1. The first kappa shape index (κ1) is 9.58. The topological polar surface area (TPSA) is 49.9 Å². The summed E-state index contributed by atoms with van der Waals surface area (Å²) in [4.78, 5) is 0. The number of hydrogen-bond acceptors (Lipinski definition) is 2.